The molecule has 1 aromatic heterocycles. The Balaban J connectivity index is 2.90. The molecule has 0 unspecified atom stereocenters. The van der Waals surface area contributed by atoms with Gasteiger partial charge in [0.1, 0.15) is 0 Å². The third-order valence-corrected chi connectivity index (χ3v) is 10.1. The maximum absolute atomic E-state index is 6.45. The highest BCUT2D eigenvalue weighted by atomic mass is 35.5. The Morgan fingerprint density at radius 3 is 2.05 bits per heavy atom. The van der Waals surface area contributed by atoms with E-state index in [4.69, 9.17) is 16.0 Å². The second-order valence-corrected chi connectivity index (χ2v) is 11.7. The molecule has 0 N–H and O–H groups in total. The van der Waals surface area contributed by atoms with Crippen LogP contribution in [0.4, 0.5) is 0 Å². The predicted octanol–water partition coefficient (Wildman–Crippen LogP) is 4.82. The van der Waals surface area contributed by atoms with E-state index >= 15 is 0 Å². The molecule has 1 rings (SSSR count). The summed E-state index contributed by atoms with van der Waals surface area (Å²) < 4.78 is 6.45. The summed E-state index contributed by atoms with van der Waals surface area (Å²) in [6.45, 7) is 14.2. The van der Waals surface area contributed by atoms with Crippen LogP contribution >= 0.6 is 11.6 Å². The lowest BCUT2D eigenvalue weighted by Crippen LogP contribution is -2.47. The van der Waals surface area contributed by atoms with E-state index in [9.17, 15) is 0 Å². The minimum Gasteiger partial charge on any atom is -0.410 e. The maximum atomic E-state index is 6.45. The number of rotatable bonds is 6. The lowest BCUT2D eigenvalue weighted by atomic mass is 10.4. The van der Waals surface area contributed by atoms with Crippen LogP contribution in [0.5, 0.6) is 0 Å². The minimum absolute atomic E-state index is 0.284. The molecule has 0 fully saturated rings. The van der Waals surface area contributed by atoms with Crippen LogP contribution in [0.1, 0.15) is 47.2 Å². The summed E-state index contributed by atoms with van der Waals surface area (Å²) in [5.41, 5.74) is 2.58. The molecule has 108 valence electrons. The van der Waals surface area contributed by atoms with Crippen molar-refractivity contribution in [3.8, 4) is 0 Å². The molecule has 1 heterocycles. The van der Waals surface area contributed by atoms with E-state index in [-0.39, 0.29) is 5.28 Å². The van der Waals surface area contributed by atoms with Crippen LogP contribution in [0.25, 0.3) is 0 Å². The van der Waals surface area contributed by atoms with E-state index in [0.717, 1.165) is 5.69 Å². The van der Waals surface area contributed by atoms with Gasteiger partial charge in [0.2, 0.25) is 13.6 Å². The third kappa shape index (κ3) is 3.77. The van der Waals surface area contributed by atoms with E-state index in [1.807, 2.05) is 6.07 Å². The Labute approximate surface area is 122 Å². The summed E-state index contributed by atoms with van der Waals surface area (Å²) in [5, 5.41) is 0.284. The van der Waals surface area contributed by atoms with Crippen molar-refractivity contribution in [2.24, 2.45) is 0 Å². The molecular formula is C14H25ClN2OSi. The van der Waals surface area contributed by atoms with Gasteiger partial charge in [-0.2, -0.15) is 0 Å². The summed E-state index contributed by atoms with van der Waals surface area (Å²) in [6.07, 6.45) is 1.68. The summed E-state index contributed by atoms with van der Waals surface area (Å²) in [6, 6.07) is 1.87. The van der Waals surface area contributed by atoms with Crippen molar-refractivity contribution in [2.45, 2.75) is 64.8 Å². The Hall–Kier alpha value is -0.453. The number of hydrogen-bond acceptors (Lipinski definition) is 3. The van der Waals surface area contributed by atoms with Crippen molar-refractivity contribution < 1.29 is 4.43 Å². The van der Waals surface area contributed by atoms with Crippen LogP contribution < -0.4 is 0 Å². The molecule has 19 heavy (non-hydrogen) atoms. The van der Waals surface area contributed by atoms with Crippen molar-refractivity contribution in [1.29, 1.82) is 0 Å². The zero-order valence-corrected chi connectivity index (χ0v) is 14.5. The van der Waals surface area contributed by atoms with Crippen LogP contribution in [0.2, 0.25) is 21.9 Å². The number of hydrogen-bond donors (Lipinski definition) is 0. The van der Waals surface area contributed by atoms with E-state index in [1.165, 1.54) is 0 Å². The average Bonchev–Trinajstić information content (AvgIpc) is 2.28. The van der Waals surface area contributed by atoms with Gasteiger partial charge in [-0.15, -0.1) is 0 Å². The van der Waals surface area contributed by atoms with E-state index in [2.05, 4.69) is 51.5 Å². The summed E-state index contributed by atoms with van der Waals surface area (Å²) in [7, 11) is -1.83. The Morgan fingerprint density at radius 2 is 1.63 bits per heavy atom. The highest BCUT2D eigenvalue weighted by molar-refractivity contribution is 6.77. The molecule has 0 radical (unpaired) electrons. The molecule has 0 aliphatic heterocycles. The summed E-state index contributed by atoms with van der Waals surface area (Å²) in [4.78, 5) is 8.11. The Bertz CT molecular complexity index is 388. The van der Waals surface area contributed by atoms with Gasteiger partial charge in [-0.1, -0.05) is 41.5 Å². The second kappa shape index (κ2) is 6.82. The predicted molar refractivity (Wildman–Crippen MR) is 82.9 cm³/mol. The second-order valence-electron chi connectivity index (χ2n) is 5.92. The Kier molecular flexibility index (Phi) is 5.96. The minimum atomic E-state index is -1.83. The molecule has 0 spiro atoms. The van der Waals surface area contributed by atoms with Crippen molar-refractivity contribution in [3.63, 3.8) is 0 Å². The number of aromatic nitrogens is 2. The van der Waals surface area contributed by atoms with Gasteiger partial charge in [-0.3, -0.25) is 0 Å². The molecule has 0 aromatic carbocycles. The highest BCUT2D eigenvalue weighted by Crippen LogP contribution is 2.42. The van der Waals surface area contributed by atoms with Crippen LogP contribution in [-0.2, 0) is 11.0 Å². The van der Waals surface area contributed by atoms with Gasteiger partial charge in [-0.05, 0) is 34.3 Å². The molecular weight excluding hydrogens is 276 g/mol. The van der Waals surface area contributed by atoms with Crippen molar-refractivity contribution in [3.05, 3.63) is 23.2 Å². The zero-order valence-electron chi connectivity index (χ0n) is 12.8. The van der Waals surface area contributed by atoms with Crippen LogP contribution in [0, 0.1) is 0 Å². The molecule has 0 saturated heterocycles. The first-order valence-electron chi connectivity index (χ1n) is 6.92. The van der Waals surface area contributed by atoms with Crippen molar-refractivity contribution in [1.82, 2.24) is 9.97 Å². The number of nitrogens with zero attached hydrogens (tertiary/aromatic N) is 2. The zero-order chi connectivity index (χ0) is 14.6. The van der Waals surface area contributed by atoms with Crippen LogP contribution in [0.15, 0.2) is 12.3 Å². The third-order valence-electron chi connectivity index (χ3n) is 3.86. The van der Waals surface area contributed by atoms with Gasteiger partial charge >= 0.3 is 0 Å². The molecule has 0 saturated carbocycles. The smallest absolute Gasteiger partial charge is 0.222 e. The lowest BCUT2D eigenvalue weighted by Gasteiger charge is -2.42. The molecule has 0 amide bonds. The van der Waals surface area contributed by atoms with Crippen LogP contribution in [0.3, 0.4) is 0 Å². The molecule has 0 bridgehead atoms. The maximum Gasteiger partial charge on any atom is 0.222 e. The van der Waals surface area contributed by atoms with Gasteiger partial charge in [-0.25, -0.2) is 9.97 Å². The highest BCUT2D eigenvalue weighted by Gasteiger charge is 2.45. The van der Waals surface area contributed by atoms with Crippen molar-refractivity contribution >= 4 is 19.9 Å². The van der Waals surface area contributed by atoms with Crippen molar-refractivity contribution in [2.75, 3.05) is 0 Å². The van der Waals surface area contributed by atoms with Gasteiger partial charge in [0, 0.05) is 6.20 Å². The molecule has 3 nitrogen and oxygen atoms in total. The monoisotopic (exact) mass is 300 g/mol. The fourth-order valence-electron chi connectivity index (χ4n) is 3.15. The molecule has 0 atom stereocenters. The summed E-state index contributed by atoms with van der Waals surface area (Å²) >= 11 is 5.82. The molecule has 0 aliphatic rings. The topological polar surface area (TPSA) is 35.0 Å². The first-order chi connectivity index (χ1) is 8.80. The normalized spacial score (nSPS) is 12.7. The fourth-order valence-corrected chi connectivity index (χ4v) is 8.71. The van der Waals surface area contributed by atoms with Gasteiger partial charge in [0.05, 0.1) is 12.3 Å². The molecule has 5 heteroatoms. The van der Waals surface area contributed by atoms with E-state index in [1.54, 1.807) is 6.20 Å². The first kappa shape index (κ1) is 16.6. The van der Waals surface area contributed by atoms with Gasteiger partial charge in [0.15, 0.2) is 0 Å². The summed E-state index contributed by atoms with van der Waals surface area (Å²) in [5.74, 6) is 0. The molecule has 1 aromatic rings. The first-order valence-corrected chi connectivity index (χ1v) is 9.43. The number of halogens is 1. The largest absolute Gasteiger partial charge is 0.410 e. The van der Waals surface area contributed by atoms with Gasteiger partial charge in [0.25, 0.3) is 0 Å². The lowest BCUT2D eigenvalue weighted by molar-refractivity contribution is 0.261. The fraction of sp³-hybridized carbons (Fsp3) is 0.714. The molecule has 0 aliphatic carbocycles. The van der Waals surface area contributed by atoms with E-state index in [0.29, 0.717) is 23.2 Å². The standard InChI is InChI=1S/C14H25ClN2OSi/c1-10(2)19(11(3)4,12(5)6)18-9-13-7-8-16-14(15)17-13/h7-8,10-12H,9H2,1-6H3. The SMILES string of the molecule is CC(C)[Si](OCc1ccnc(Cl)n1)(C(C)C)C(C)C. The van der Waals surface area contributed by atoms with Gasteiger partial charge < -0.3 is 4.43 Å². The van der Waals surface area contributed by atoms with Crippen LogP contribution in [-0.4, -0.2) is 18.3 Å². The Morgan fingerprint density at radius 1 is 1.11 bits per heavy atom. The average molecular weight is 301 g/mol. The quantitative estimate of drug-likeness (QED) is 0.558. The van der Waals surface area contributed by atoms with E-state index < -0.39 is 8.32 Å².